The number of para-hydroxylation sites is 1. The van der Waals surface area contributed by atoms with Crippen molar-refractivity contribution in [3.63, 3.8) is 0 Å². The summed E-state index contributed by atoms with van der Waals surface area (Å²) in [5, 5.41) is 4.53. The molecule has 1 amide bonds. The van der Waals surface area contributed by atoms with Crippen LogP contribution in [-0.2, 0) is 6.54 Å². The molecule has 0 atom stereocenters. The molecule has 4 rings (SSSR count). The van der Waals surface area contributed by atoms with Crippen molar-refractivity contribution < 1.29 is 4.79 Å². The number of aromatic amines is 1. The predicted octanol–water partition coefficient (Wildman–Crippen LogP) is 3.40. The maximum absolute atomic E-state index is 12.3. The van der Waals surface area contributed by atoms with Crippen molar-refractivity contribution >= 4 is 34.1 Å². The van der Waals surface area contributed by atoms with Crippen LogP contribution in [0.1, 0.15) is 16.2 Å². The molecule has 0 aliphatic heterocycles. The van der Waals surface area contributed by atoms with Gasteiger partial charge in [0.1, 0.15) is 11.3 Å². The van der Waals surface area contributed by atoms with E-state index in [1.165, 1.54) is 0 Å². The number of halogens is 1. The summed E-state index contributed by atoms with van der Waals surface area (Å²) in [6.45, 7) is 0.355. The average molecular weight is 325 g/mol. The number of carbonyl (C=O) groups excluding carboxylic acids is 1. The van der Waals surface area contributed by atoms with Crippen LogP contribution < -0.4 is 5.32 Å². The van der Waals surface area contributed by atoms with E-state index in [9.17, 15) is 4.79 Å². The Bertz CT molecular complexity index is 985. The van der Waals surface area contributed by atoms with Gasteiger partial charge < -0.3 is 14.7 Å². The van der Waals surface area contributed by atoms with Gasteiger partial charge in [0.05, 0.1) is 17.3 Å². The second-order valence-corrected chi connectivity index (χ2v) is 5.73. The molecular formula is C17H13ClN4O. The maximum atomic E-state index is 12.3. The molecule has 0 spiro atoms. The fraction of sp³-hybridized carbons (Fsp3) is 0.0588. The first-order valence-electron chi connectivity index (χ1n) is 7.18. The summed E-state index contributed by atoms with van der Waals surface area (Å²) < 4.78 is 1.84. The molecule has 0 aliphatic rings. The van der Waals surface area contributed by atoms with Gasteiger partial charge in [-0.1, -0.05) is 29.8 Å². The van der Waals surface area contributed by atoms with Crippen molar-refractivity contribution in [2.24, 2.45) is 0 Å². The lowest BCUT2D eigenvalue weighted by Gasteiger charge is -2.00. The Balaban J connectivity index is 1.51. The Morgan fingerprint density at radius 1 is 1.22 bits per heavy atom. The summed E-state index contributed by atoms with van der Waals surface area (Å²) in [6, 6.07) is 13.3. The van der Waals surface area contributed by atoms with Crippen molar-refractivity contribution in [2.75, 3.05) is 0 Å². The number of hydrogen-bond donors (Lipinski definition) is 2. The number of aromatic nitrogens is 3. The van der Waals surface area contributed by atoms with Crippen molar-refractivity contribution in [1.82, 2.24) is 19.7 Å². The second kappa shape index (κ2) is 5.44. The molecule has 5 nitrogen and oxygen atoms in total. The Morgan fingerprint density at radius 3 is 2.96 bits per heavy atom. The van der Waals surface area contributed by atoms with Crippen LogP contribution in [0.3, 0.4) is 0 Å². The number of H-pyrrole nitrogens is 1. The van der Waals surface area contributed by atoms with Gasteiger partial charge in [-0.25, -0.2) is 4.98 Å². The molecule has 3 heterocycles. The van der Waals surface area contributed by atoms with Gasteiger partial charge in [-0.05, 0) is 24.3 Å². The minimum Gasteiger partial charge on any atom is -0.351 e. The van der Waals surface area contributed by atoms with Crippen LogP contribution in [0.25, 0.3) is 16.6 Å². The quantitative estimate of drug-likeness (QED) is 0.606. The molecule has 3 aromatic heterocycles. The SMILES string of the molecule is O=C(NCc1cn2cc(Cl)ccc2n1)c1cc2ccccc2[nH]1. The van der Waals surface area contributed by atoms with Crippen molar-refractivity contribution in [1.29, 1.82) is 0 Å². The highest BCUT2D eigenvalue weighted by Gasteiger charge is 2.10. The summed E-state index contributed by atoms with van der Waals surface area (Å²) in [7, 11) is 0. The van der Waals surface area contributed by atoms with Crippen molar-refractivity contribution in [3.05, 3.63) is 71.3 Å². The Labute approximate surface area is 136 Å². The van der Waals surface area contributed by atoms with E-state index >= 15 is 0 Å². The lowest BCUT2D eigenvalue weighted by Crippen LogP contribution is -2.23. The minimum absolute atomic E-state index is 0.156. The van der Waals surface area contributed by atoms with Gasteiger partial charge in [0.25, 0.3) is 5.91 Å². The zero-order chi connectivity index (χ0) is 15.8. The fourth-order valence-electron chi connectivity index (χ4n) is 2.56. The zero-order valence-corrected chi connectivity index (χ0v) is 12.8. The average Bonchev–Trinajstić information content (AvgIpc) is 3.15. The summed E-state index contributed by atoms with van der Waals surface area (Å²) in [4.78, 5) is 19.8. The molecule has 0 unspecified atom stereocenters. The number of nitrogens with zero attached hydrogens (tertiary/aromatic N) is 2. The van der Waals surface area contributed by atoms with Crippen molar-refractivity contribution in [2.45, 2.75) is 6.54 Å². The van der Waals surface area contributed by atoms with Crippen LogP contribution in [0.15, 0.2) is 54.9 Å². The molecule has 114 valence electrons. The van der Waals surface area contributed by atoms with Crippen LogP contribution >= 0.6 is 11.6 Å². The first kappa shape index (κ1) is 13.8. The molecule has 0 aliphatic carbocycles. The van der Waals surface area contributed by atoms with E-state index in [1.54, 1.807) is 12.3 Å². The van der Waals surface area contributed by atoms with E-state index in [1.807, 2.05) is 47.0 Å². The highest BCUT2D eigenvalue weighted by Crippen LogP contribution is 2.15. The Kier molecular flexibility index (Phi) is 3.28. The maximum Gasteiger partial charge on any atom is 0.268 e. The Morgan fingerprint density at radius 2 is 2.09 bits per heavy atom. The molecule has 2 N–H and O–H groups in total. The normalized spacial score (nSPS) is 11.2. The molecule has 0 bridgehead atoms. The third kappa shape index (κ3) is 2.66. The third-order valence-electron chi connectivity index (χ3n) is 3.67. The van der Waals surface area contributed by atoms with Gasteiger partial charge in [-0.15, -0.1) is 0 Å². The van der Waals surface area contributed by atoms with E-state index < -0.39 is 0 Å². The van der Waals surface area contributed by atoms with Gasteiger partial charge >= 0.3 is 0 Å². The van der Waals surface area contributed by atoms with Gasteiger partial charge in [-0.2, -0.15) is 0 Å². The van der Waals surface area contributed by atoms with Crippen molar-refractivity contribution in [3.8, 4) is 0 Å². The lowest BCUT2D eigenvalue weighted by atomic mass is 10.2. The summed E-state index contributed by atoms with van der Waals surface area (Å²) in [5.74, 6) is -0.156. The molecule has 1 aromatic carbocycles. The third-order valence-corrected chi connectivity index (χ3v) is 3.89. The van der Waals surface area contributed by atoms with Gasteiger partial charge in [0.15, 0.2) is 0 Å². The summed E-state index contributed by atoms with van der Waals surface area (Å²) >= 11 is 5.95. The first-order chi connectivity index (χ1) is 11.2. The molecule has 0 saturated carbocycles. The highest BCUT2D eigenvalue weighted by molar-refractivity contribution is 6.30. The second-order valence-electron chi connectivity index (χ2n) is 5.30. The number of hydrogen-bond acceptors (Lipinski definition) is 2. The van der Waals surface area contributed by atoms with Crippen LogP contribution in [0.5, 0.6) is 0 Å². The predicted molar refractivity (Wildman–Crippen MR) is 89.7 cm³/mol. The molecule has 0 fully saturated rings. The monoisotopic (exact) mass is 324 g/mol. The van der Waals surface area contributed by atoms with Crippen LogP contribution in [0, 0.1) is 0 Å². The number of benzene rings is 1. The molecule has 6 heteroatoms. The number of rotatable bonds is 3. The lowest BCUT2D eigenvalue weighted by molar-refractivity contribution is 0.0946. The number of pyridine rings is 1. The first-order valence-corrected chi connectivity index (χ1v) is 7.56. The molecule has 23 heavy (non-hydrogen) atoms. The Hall–Kier alpha value is -2.79. The van der Waals surface area contributed by atoms with E-state index in [-0.39, 0.29) is 5.91 Å². The number of amides is 1. The number of fused-ring (bicyclic) bond motifs is 2. The largest absolute Gasteiger partial charge is 0.351 e. The topological polar surface area (TPSA) is 62.2 Å². The molecule has 4 aromatic rings. The summed E-state index contributed by atoms with van der Waals surface area (Å²) in [6.07, 6.45) is 3.64. The van der Waals surface area contributed by atoms with Crippen LogP contribution in [-0.4, -0.2) is 20.3 Å². The minimum atomic E-state index is -0.156. The van der Waals surface area contributed by atoms with E-state index in [0.29, 0.717) is 17.3 Å². The van der Waals surface area contributed by atoms with Gasteiger partial charge in [-0.3, -0.25) is 4.79 Å². The fourth-order valence-corrected chi connectivity index (χ4v) is 2.73. The number of imidazole rings is 1. The van der Waals surface area contributed by atoms with Crippen LogP contribution in [0.2, 0.25) is 5.02 Å². The van der Waals surface area contributed by atoms with E-state index in [4.69, 9.17) is 11.6 Å². The highest BCUT2D eigenvalue weighted by atomic mass is 35.5. The molecule has 0 saturated heterocycles. The number of nitrogens with one attached hydrogen (secondary N) is 2. The zero-order valence-electron chi connectivity index (χ0n) is 12.1. The van der Waals surface area contributed by atoms with Gasteiger partial charge in [0, 0.05) is 23.3 Å². The molecular weight excluding hydrogens is 312 g/mol. The van der Waals surface area contributed by atoms with E-state index in [0.717, 1.165) is 22.2 Å². The number of carbonyl (C=O) groups is 1. The van der Waals surface area contributed by atoms with Gasteiger partial charge in [0.2, 0.25) is 0 Å². The standard InChI is InChI=1S/C17H13ClN4O/c18-12-5-6-16-20-13(10-22(16)9-12)8-19-17(23)15-7-11-3-1-2-4-14(11)21-15/h1-7,9-10,21H,8H2,(H,19,23). The smallest absolute Gasteiger partial charge is 0.268 e. The summed E-state index contributed by atoms with van der Waals surface area (Å²) in [5.41, 5.74) is 3.05. The molecule has 0 radical (unpaired) electrons. The van der Waals surface area contributed by atoms with Crippen LogP contribution in [0.4, 0.5) is 0 Å². The van der Waals surface area contributed by atoms with E-state index in [2.05, 4.69) is 15.3 Å².